The lowest BCUT2D eigenvalue weighted by Crippen LogP contribution is -2.51. The van der Waals surface area contributed by atoms with Gasteiger partial charge in [0.2, 0.25) is 5.91 Å². The van der Waals surface area contributed by atoms with Crippen LogP contribution >= 0.6 is 0 Å². The lowest BCUT2D eigenvalue weighted by molar-refractivity contribution is -0.124. The van der Waals surface area contributed by atoms with Crippen LogP contribution in [0.5, 0.6) is 0 Å². The van der Waals surface area contributed by atoms with Gasteiger partial charge in [0.25, 0.3) is 0 Å². The number of amides is 1. The Morgan fingerprint density at radius 1 is 1.25 bits per heavy atom. The average Bonchev–Trinajstić information content (AvgIpc) is 2.48. The molecule has 1 amide bonds. The van der Waals surface area contributed by atoms with E-state index in [-0.39, 0.29) is 11.9 Å². The number of aliphatic hydroxyl groups is 1. The van der Waals surface area contributed by atoms with Gasteiger partial charge < -0.3 is 15.3 Å². The van der Waals surface area contributed by atoms with Gasteiger partial charge in [-0.05, 0) is 19.1 Å². The van der Waals surface area contributed by atoms with Crippen LogP contribution in [0.1, 0.15) is 6.92 Å². The predicted octanol–water partition coefficient (Wildman–Crippen LogP) is 0.306. The molecular formula is C15H23N3O2. The zero-order valence-corrected chi connectivity index (χ0v) is 12.0. The molecule has 0 aromatic heterocycles. The highest BCUT2D eigenvalue weighted by Gasteiger charge is 2.19. The summed E-state index contributed by atoms with van der Waals surface area (Å²) < 4.78 is 0. The van der Waals surface area contributed by atoms with Gasteiger partial charge in [-0.1, -0.05) is 18.2 Å². The van der Waals surface area contributed by atoms with Gasteiger partial charge in [0.05, 0.1) is 0 Å². The monoisotopic (exact) mass is 277 g/mol. The molecule has 1 atom stereocenters. The number of aliphatic hydroxyl groups excluding tert-OH is 1. The second-order valence-electron chi connectivity index (χ2n) is 5.25. The van der Waals surface area contributed by atoms with Crippen LogP contribution in [0.25, 0.3) is 0 Å². The van der Waals surface area contributed by atoms with E-state index in [4.69, 9.17) is 5.11 Å². The number of anilines is 1. The lowest BCUT2D eigenvalue weighted by atomic mass is 10.2. The number of para-hydroxylation sites is 1. The average molecular weight is 277 g/mol. The Balaban J connectivity index is 1.75. The number of hydrogen-bond donors (Lipinski definition) is 2. The molecule has 1 unspecified atom stereocenters. The number of nitrogens with zero attached hydrogens (tertiary/aromatic N) is 2. The zero-order valence-electron chi connectivity index (χ0n) is 12.0. The highest BCUT2D eigenvalue weighted by atomic mass is 16.3. The number of carbonyl (C=O) groups excluding carboxylic acids is 1. The van der Waals surface area contributed by atoms with Gasteiger partial charge in [0.15, 0.2) is 0 Å². The summed E-state index contributed by atoms with van der Waals surface area (Å²) in [6, 6.07) is 10.5. The van der Waals surface area contributed by atoms with Crippen LogP contribution in [0.3, 0.4) is 0 Å². The van der Waals surface area contributed by atoms with Crippen molar-refractivity contribution >= 4 is 11.6 Å². The lowest BCUT2D eigenvalue weighted by Gasteiger charge is -2.37. The van der Waals surface area contributed by atoms with Crippen molar-refractivity contribution in [2.45, 2.75) is 13.0 Å². The molecule has 0 spiro atoms. The number of benzene rings is 1. The van der Waals surface area contributed by atoms with Gasteiger partial charge in [-0.3, -0.25) is 9.69 Å². The molecule has 20 heavy (non-hydrogen) atoms. The van der Waals surface area contributed by atoms with Crippen LogP contribution in [0.2, 0.25) is 0 Å². The first kappa shape index (κ1) is 14.8. The van der Waals surface area contributed by atoms with Gasteiger partial charge in [-0.25, -0.2) is 0 Å². The molecule has 110 valence electrons. The first-order valence-corrected chi connectivity index (χ1v) is 7.11. The summed E-state index contributed by atoms with van der Waals surface area (Å²) in [5, 5.41) is 11.5. The van der Waals surface area contributed by atoms with Crippen molar-refractivity contribution in [1.82, 2.24) is 10.2 Å². The largest absolute Gasteiger partial charge is 0.387 e. The van der Waals surface area contributed by atoms with E-state index in [0.29, 0.717) is 0 Å². The Kier molecular flexibility index (Phi) is 5.38. The van der Waals surface area contributed by atoms with Crippen molar-refractivity contribution in [2.75, 3.05) is 44.2 Å². The first-order valence-electron chi connectivity index (χ1n) is 7.11. The molecular weight excluding hydrogens is 254 g/mol. The van der Waals surface area contributed by atoms with Crippen LogP contribution in [0.4, 0.5) is 5.69 Å². The molecule has 2 N–H and O–H groups in total. The Labute approximate surface area is 120 Å². The minimum absolute atomic E-state index is 0.0675. The maximum Gasteiger partial charge on any atom is 0.245 e. The Bertz CT molecular complexity index is 416. The van der Waals surface area contributed by atoms with Gasteiger partial charge >= 0.3 is 0 Å². The smallest absolute Gasteiger partial charge is 0.245 e. The maximum absolute atomic E-state index is 11.1. The van der Waals surface area contributed by atoms with Crippen molar-refractivity contribution < 1.29 is 9.90 Å². The van der Waals surface area contributed by atoms with E-state index in [1.165, 1.54) is 5.69 Å². The number of carbonyl (C=O) groups is 1. The van der Waals surface area contributed by atoms with E-state index in [1.807, 2.05) is 13.0 Å². The topological polar surface area (TPSA) is 55.8 Å². The second kappa shape index (κ2) is 7.26. The molecule has 1 aromatic carbocycles. The number of piperazine rings is 1. The molecule has 0 bridgehead atoms. The number of rotatable bonds is 5. The zero-order chi connectivity index (χ0) is 14.4. The van der Waals surface area contributed by atoms with Crippen molar-refractivity contribution in [3.8, 4) is 0 Å². The number of hydrogen-bond acceptors (Lipinski definition) is 4. The minimum Gasteiger partial charge on any atom is -0.387 e. The molecule has 0 aliphatic carbocycles. The summed E-state index contributed by atoms with van der Waals surface area (Å²) in [6.07, 6.45) is 0. The van der Waals surface area contributed by atoms with Gasteiger partial charge in [-0.15, -0.1) is 0 Å². The predicted molar refractivity (Wildman–Crippen MR) is 79.8 cm³/mol. The third-order valence-electron chi connectivity index (χ3n) is 3.58. The molecule has 1 saturated heterocycles. The minimum atomic E-state index is -0.438. The number of nitrogens with one attached hydrogen (secondary N) is 1. The molecule has 0 saturated carbocycles. The molecule has 1 aromatic rings. The summed E-state index contributed by atoms with van der Waals surface area (Å²) >= 11 is 0. The highest BCUT2D eigenvalue weighted by Crippen LogP contribution is 2.15. The standard InChI is InChI=1S/C15H23N3O2/c1-13(16-15(20)12-19)11-17-7-9-18(10-8-17)14-5-3-2-4-6-14/h2-6,13,19H,7-12H2,1H3,(H,16,20). The van der Waals surface area contributed by atoms with Crippen molar-refractivity contribution in [1.29, 1.82) is 0 Å². The maximum atomic E-state index is 11.1. The molecule has 0 radical (unpaired) electrons. The van der Waals surface area contributed by atoms with Crippen LogP contribution in [-0.4, -0.2) is 61.3 Å². The van der Waals surface area contributed by atoms with Crippen LogP contribution in [0.15, 0.2) is 30.3 Å². The molecule has 2 rings (SSSR count). The van der Waals surface area contributed by atoms with Gasteiger partial charge in [0.1, 0.15) is 6.61 Å². The summed E-state index contributed by atoms with van der Waals surface area (Å²) in [5.74, 6) is -0.305. The Morgan fingerprint density at radius 2 is 1.90 bits per heavy atom. The van der Waals surface area contributed by atoms with E-state index in [2.05, 4.69) is 39.4 Å². The van der Waals surface area contributed by atoms with E-state index in [0.717, 1.165) is 32.7 Å². The highest BCUT2D eigenvalue weighted by molar-refractivity contribution is 5.77. The van der Waals surface area contributed by atoms with Crippen LogP contribution in [-0.2, 0) is 4.79 Å². The van der Waals surface area contributed by atoms with E-state index < -0.39 is 6.61 Å². The van der Waals surface area contributed by atoms with Crippen molar-refractivity contribution in [3.05, 3.63) is 30.3 Å². The molecule has 1 fully saturated rings. The van der Waals surface area contributed by atoms with E-state index >= 15 is 0 Å². The van der Waals surface area contributed by atoms with Gasteiger partial charge in [0, 0.05) is 44.5 Å². The summed E-state index contributed by atoms with van der Waals surface area (Å²) in [5.41, 5.74) is 1.27. The molecule has 1 aliphatic heterocycles. The Morgan fingerprint density at radius 3 is 2.50 bits per heavy atom. The normalized spacial score (nSPS) is 17.8. The van der Waals surface area contributed by atoms with Crippen molar-refractivity contribution in [3.63, 3.8) is 0 Å². The quantitative estimate of drug-likeness (QED) is 0.813. The molecule has 1 heterocycles. The SMILES string of the molecule is CC(CN1CCN(c2ccccc2)CC1)NC(=O)CO. The summed E-state index contributed by atoms with van der Waals surface area (Å²) in [6.45, 7) is 6.36. The van der Waals surface area contributed by atoms with Gasteiger partial charge in [-0.2, -0.15) is 0 Å². The van der Waals surface area contributed by atoms with Crippen LogP contribution in [0, 0.1) is 0 Å². The van der Waals surface area contributed by atoms with E-state index in [1.54, 1.807) is 0 Å². The fraction of sp³-hybridized carbons (Fsp3) is 0.533. The first-order chi connectivity index (χ1) is 9.69. The molecule has 5 heteroatoms. The fourth-order valence-corrected chi connectivity index (χ4v) is 2.58. The van der Waals surface area contributed by atoms with Crippen molar-refractivity contribution in [2.24, 2.45) is 0 Å². The third kappa shape index (κ3) is 4.21. The fourth-order valence-electron chi connectivity index (χ4n) is 2.58. The van der Waals surface area contributed by atoms with Crippen LogP contribution < -0.4 is 10.2 Å². The second-order valence-corrected chi connectivity index (χ2v) is 5.25. The summed E-state index contributed by atoms with van der Waals surface area (Å²) in [7, 11) is 0. The van der Waals surface area contributed by atoms with E-state index in [9.17, 15) is 4.79 Å². The summed E-state index contributed by atoms with van der Waals surface area (Å²) in [4.78, 5) is 15.8. The molecule has 1 aliphatic rings. The molecule has 5 nitrogen and oxygen atoms in total. The Hall–Kier alpha value is -1.59. The third-order valence-corrected chi connectivity index (χ3v) is 3.58.